The lowest BCUT2D eigenvalue weighted by Crippen LogP contribution is -2.59. The van der Waals surface area contributed by atoms with Gasteiger partial charge >= 0.3 is 11.5 Å². The number of hydroxylamine groups is 1. The monoisotopic (exact) mass is 406 g/mol. The lowest BCUT2D eigenvalue weighted by Gasteiger charge is -2.66. The first kappa shape index (κ1) is 19.8. The van der Waals surface area contributed by atoms with Gasteiger partial charge < -0.3 is 14.4 Å². The number of hydrogen-bond acceptors (Lipinski definition) is 5. The van der Waals surface area contributed by atoms with Crippen LogP contribution in [0.15, 0.2) is 0 Å². The lowest BCUT2D eigenvalue weighted by molar-refractivity contribution is -0.181. The van der Waals surface area contributed by atoms with Crippen LogP contribution >= 0.6 is 11.9 Å². The van der Waals surface area contributed by atoms with E-state index < -0.39 is 17.5 Å². The van der Waals surface area contributed by atoms with Crippen molar-refractivity contribution in [2.45, 2.75) is 69.7 Å². The van der Waals surface area contributed by atoms with Gasteiger partial charge in [0.2, 0.25) is 0 Å². The van der Waals surface area contributed by atoms with Crippen LogP contribution in [-0.4, -0.2) is 29.1 Å². The molecule has 27 heavy (non-hydrogen) atoms. The van der Waals surface area contributed by atoms with Gasteiger partial charge in [0.15, 0.2) is 0 Å². The summed E-state index contributed by atoms with van der Waals surface area (Å²) in [6, 6.07) is 0. The van der Waals surface area contributed by atoms with Crippen molar-refractivity contribution in [1.82, 2.24) is 4.47 Å². The van der Waals surface area contributed by atoms with Crippen molar-refractivity contribution in [1.29, 1.82) is 0 Å². The molecule has 0 saturated heterocycles. The van der Waals surface area contributed by atoms with Crippen LogP contribution in [0.3, 0.4) is 0 Å². The van der Waals surface area contributed by atoms with Gasteiger partial charge in [-0.3, -0.25) is 4.79 Å². The highest BCUT2D eigenvalue weighted by Crippen LogP contribution is 2.84. The van der Waals surface area contributed by atoms with Crippen LogP contribution < -0.4 is 0 Å². The summed E-state index contributed by atoms with van der Waals surface area (Å²) in [5, 5.41) is 11.0. The molecule has 154 valence electrons. The molecule has 4 nitrogen and oxygen atoms in total. The molecule has 8 heteroatoms. The van der Waals surface area contributed by atoms with Gasteiger partial charge in [0, 0.05) is 11.9 Å². The topological polar surface area (TPSA) is 52.6 Å². The highest BCUT2D eigenvalue weighted by Gasteiger charge is 2.79. The van der Waals surface area contributed by atoms with Crippen molar-refractivity contribution in [2.24, 2.45) is 28.6 Å². The molecule has 4 saturated carbocycles. The molecule has 1 spiro atoms. The third kappa shape index (κ3) is 3.50. The Kier molecular flexibility index (Phi) is 5.21. The molecule has 0 amide bonds. The largest absolute Gasteiger partial charge is 0.775 e. The van der Waals surface area contributed by atoms with Gasteiger partial charge in [-0.25, -0.2) is 0 Å². The quantitative estimate of drug-likeness (QED) is 0.214. The van der Waals surface area contributed by atoms with Gasteiger partial charge in [0.25, 0.3) is 0 Å². The second kappa shape index (κ2) is 7.10. The van der Waals surface area contributed by atoms with Gasteiger partial charge in [-0.2, -0.15) is 13.2 Å². The van der Waals surface area contributed by atoms with Gasteiger partial charge in [-0.05, 0) is 74.7 Å². The molecule has 4 fully saturated rings. The van der Waals surface area contributed by atoms with Crippen molar-refractivity contribution in [2.75, 3.05) is 13.2 Å². The molecule has 2 bridgehead atoms. The van der Waals surface area contributed by atoms with Gasteiger partial charge in [0.05, 0.1) is 12.0 Å². The van der Waals surface area contributed by atoms with E-state index in [0.717, 1.165) is 56.3 Å². The van der Waals surface area contributed by atoms with E-state index in [1.165, 1.54) is 12.8 Å². The van der Waals surface area contributed by atoms with Crippen molar-refractivity contribution < 1.29 is 22.7 Å². The summed E-state index contributed by atoms with van der Waals surface area (Å²) in [5.41, 5.74) is -4.17. The van der Waals surface area contributed by atoms with Crippen molar-refractivity contribution in [3.8, 4) is 0 Å². The standard InChI is InChI=1S/C19H27F3NO3S/c20-19(21,22)27-23(25)6-4-2-1-3-5-7-26-16(24)17-10-14-8-13-9-15(11-17)18(13,14)12-17/h13-15H,1-12H2/q-1. The van der Waals surface area contributed by atoms with E-state index >= 15 is 0 Å². The fourth-order valence-corrected chi connectivity index (χ4v) is 7.12. The number of halogens is 3. The summed E-state index contributed by atoms with van der Waals surface area (Å²) in [5.74, 6) is 2.46. The Bertz CT molecular complexity index is 569. The Hall–Kier alpha value is -0.470. The highest BCUT2D eigenvalue weighted by molar-refractivity contribution is 7.97. The molecule has 2 unspecified atom stereocenters. The number of hydrogen-bond donors (Lipinski definition) is 0. The number of rotatable bonds is 10. The first-order valence-corrected chi connectivity index (χ1v) is 10.9. The number of nitrogens with zero attached hydrogens (tertiary/aromatic N) is 1. The molecular formula is C19H27F3NO3S-. The minimum atomic E-state index is -4.51. The van der Waals surface area contributed by atoms with E-state index in [1.807, 2.05) is 0 Å². The SMILES string of the molecule is O=C(OCCCCCCCN([O-])SC(F)(F)F)C12CC3CC4CC(C1)C43C2. The average molecular weight is 406 g/mol. The summed E-state index contributed by atoms with van der Waals surface area (Å²) in [6.07, 6.45) is 9.44. The fraction of sp³-hybridized carbons (Fsp3) is 0.947. The minimum absolute atomic E-state index is 0.00535. The molecule has 0 aromatic carbocycles. The third-order valence-corrected chi connectivity index (χ3v) is 8.29. The summed E-state index contributed by atoms with van der Waals surface area (Å²) in [6.45, 7) is 0.316. The number of alkyl halides is 3. The number of fused-ring (bicyclic) bond motifs is 1. The van der Waals surface area contributed by atoms with Crippen molar-refractivity contribution in [3.63, 3.8) is 0 Å². The number of carbonyl (C=O) groups excluding carboxylic acids is 1. The zero-order chi connectivity index (χ0) is 19.3. The Balaban J connectivity index is 1.05. The van der Waals surface area contributed by atoms with E-state index in [2.05, 4.69) is 0 Å². The summed E-state index contributed by atoms with van der Waals surface area (Å²) in [7, 11) is 0. The molecule has 0 aliphatic heterocycles. The van der Waals surface area contributed by atoms with Crippen molar-refractivity contribution >= 4 is 17.9 Å². The molecule has 4 rings (SSSR count). The molecule has 0 heterocycles. The van der Waals surface area contributed by atoms with Crippen LogP contribution in [0, 0.1) is 33.8 Å². The highest BCUT2D eigenvalue weighted by atomic mass is 32.2. The van der Waals surface area contributed by atoms with Crippen molar-refractivity contribution in [3.05, 3.63) is 5.21 Å². The van der Waals surface area contributed by atoms with E-state index in [4.69, 9.17) is 4.74 Å². The second-order valence-electron chi connectivity index (χ2n) is 9.04. The van der Waals surface area contributed by atoms with E-state index in [-0.39, 0.29) is 22.4 Å². The van der Waals surface area contributed by atoms with Gasteiger partial charge in [0.1, 0.15) is 0 Å². The maximum absolute atomic E-state index is 12.7. The first-order chi connectivity index (χ1) is 12.8. The number of unbranched alkanes of at least 4 members (excludes halogenated alkanes) is 4. The molecule has 0 aromatic rings. The molecule has 4 aliphatic carbocycles. The molecule has 0 radical (unpaired) electrons. The molecule has 0 aromatic heterocycles. The smallest absolute Gasteiger partial charge is 0.455 e. The van der Waals surface area contributed by atoms with E-state index in [1.54, 1.807) is 0 Å². The Morgan fingerprint density at radius 2 is 1.70 bits per heavy atom. The Labute approximate surface area is 162 Å². The van der Waals surface area contributed by atoms with Crippen LogP contribution in [0.2, 0.25) is 0 Å². The van der Waals surface area contributed by atoms with E-state index in [9.17, 15) is 23.2 Å². The Morgan fingerprint density at radius 1 is 1.07 bits per heavy atom. The predicted octanol–water partition coefficient (Wildman–Crippen LogP) is 5.27. The number of esters is 1. The summed E-state index contributed by atoms with van der Waals surface area (Å²) >= 11 is -0.623. The zero-order valence-electron chi connectivity index (χ0n) is 15.4. The normalized spacial score (nSPS) is 38.5. The van der Waals surface area contributed by atoms with E-state index in [0.29, 0.717) is 24.9 Å². The molecule has 4 aliphatic rings. The van der Waals surface area contributed by atoms with Crippen LogP contribution in [0.5, 0.6) is 0 Å². The summed E-state index contributed by atoms with van der Waals surface area (Å²) < 4.78 is 41.6. The zero-order valence-corrected chi connectivity index (χ0v) is 16.2. The number of ether oxygens (including phenoxy) is 1. The van der Waals surface area contributed by atoms with Gasteiger partial charge in [-0.15, -0.1) is 0 Å². The fourth-order valence-electron chi connectivity index (χ4n) is 6.67. The second-order valence-corrected chi connectivity index (χ2v) is 10.1. The first-order valence-electron chi connectivity index (χ1n) is 10.1. The van der Waals surface area contributed by atoms with Crippen LogP contribution in [0.1, 0.15) is 64.2 Å². The predicted molar refractivity (Wildman–Crippen MR) is 96.2 cm³/mol. The maximum atomic E-state index is 12.7. The van der Waals surface area contributed by atoms with Crippen LogP contribution in [-0.2, 0) is 9.53 Å². The minimum Gasteiger partial charge on any atom is -0.775 e. The molecular weight excluding hydrogens is 379 g/mol. The van der Waals surface area contributed by atoms with Crippen LogP contribution in [0.25, 0.3) is 0 Å². The van der Waals surface area contributed by atoms with Gasteiger partial charge in [-0.1, -0.05) is 19.3 Å². The Morgan fingerprint density at radius 3 is 2.30 bits per heavy atom. The lowest BCUT2D eigenvalue weighted by atomic mass is 9.38. The third-order valence-electron chi connectivity index (χ3n) is 7.69. The summed E-state index contributed by atoms with van der Waals surface area (Å²) in [4.78, 5) is 12.7. The molecule has 0 N–H and O–H groups in total. The average Bonchev–Trinajstić information content (AvgIpc) is 3.03. The van der Waals surface area contributed by atoms with Crippen LogP contribution in [0.4, 0.5) is 13.2 Å². The molecule has 2 atom stereocenters. The maximum Gasteiger partial charge on any atom is 0.455 e. The number of carbonyl (C=O) groups is 1.